The van der Waals surface area contributed by atoms with Crippen LogP contribution < -0.4 is 10.6 Å². The molecule has 1 rings (SSSR count). The van der Waals surface area contributed by atoms with Crippen LogP contribution in [0.15, 0.2) is 0 Å². The molecule has 0 aromatic heterocycles. The van der Waals surface area contributed by atoms with Crippen LogP contribution >= 0.6 is 0 Å². The highest BCUT2D eigenvalue weighted by molar-refractivity contribution is 5.83. The van der Waals surface area contributed by atoms with Crippen LogP contribution in [-0.2, 0) is 23.9 Å². The van der Waals surface area contributed by atoms with Crippen molar-refractivity contribution < 1.29 is 23.9 Å². The fraction of sp³-hybridized carbons (Fsp3) is 0.842. The van der Waals surface area contributed by atoms with Crippen molar-refractivity contribution in [3.8, 4) is 0 Å². The van der Waals surface area contributed by atoms with E-state index in [0.717, 1.165) is 25.7 Å². The summed E-state index contributed by atoms with van der Waals surface area (Å²) in [5.41, 5.74) is 0. The van der Waals surface area contributed by atoms with Crippen molar-refractivity contribution in [2.24, 2.45) is 11.8 Å². The summed E-state index contributed by atoms with van der Waals surface area (Å²) in [6, 6.07) is 0.121. The van der Waals surface area contributed by atoms with Gasteiger partial charge in [0.05, 0.1) is 12.7 Å². The fourth-order valence-electron chi connectivity index (χ4n) is 2.98. The van der Waals surface area contributed by atoms with Crippen molar-refractivity contribution in [2.75, 3.05) is 26.4 Å². The average Bonchev–Trinajstić information content (AvgIpc) is 2.59. The van der Waals surface area contributed by atoms with Crippen LogP contribution in [0.2, 0.25) is 0 Å². The van der Waals surface area contributed by atoms with Crippen LogP contribution in [-0.4, -0.2) is 56.1 Å². The van der Waals surface area contributed by atoms with Gasteiger partial charge in [-0.05, 0) is 39.5 Å². The standard InChI is InChI=1S/C19H34N2O5/c1-13(2)19(24)15-5-7-16(8-6-15)21-18(23)11-25-10-9-20-17(22)12-26-14(3)4/h13-16H,5-12H2,1-4H3,(H,20,22)(H,21,23). The minimum absolute atomic E-state index is 0.0132. The quantitative estimate of drug-likeness (QED) is 0.537. The summed E-state index contributed by atoms with van der Waals surface area (Å²) in [6.07, 6.45) is 3.36. The highest BCUT2D eigenvalue weighted by Gasteiger charge is 2.28. The number of amides is 2. The van der Waals surface area contributed by atoms with E-state index in [4.69, 9.17) is 9.47 Å². The summed E-state index contributed by atoms with van der Waals surface area (Å²) in [5.74, 6) is 0.205. The van der Waals surface area contributed by atoms with Gasteiger partial charge in [0, 0.05) is 24.4 Å². The number of rotatable bonds is 11. The Morgan fingerprint density at radius 1 is 0.962 bits per heavy atom. The summed E-state index contributed by atoms with van der Waals surface area (Å²) >= 11 is 0. The molecule has 0 saturated heterocycles. The van der Waals surface area contributed by atoms with Gasteiger partial charge >= 0.3 is 0 Å². The summed E-state index contributed by atoms with van der Waals surface area (Å²) < 4.78 is 10.5. The van der Waals surface area contributed by atoms with E-state index in [0.29, 0.717) is 12.3 Å². The zero-order chi connectivity index (χ0) is 19.5. The molecule has 0 aromatic rings. The molecule has 1 aliphatic rings. The second-order valence-electron chi connectivity index (χ2n) is 7.44. The van der Waals surface area contributed by atoms with Crippen LogP contribution in [0.25, 0.3) is 0 Å². The number of carbonyl (C=O) groups excluding carboxylic acids is 3. The number of ether oxygens (including phenoxy) is 2. The molecule has 0 radical (unpaired) electrons. The molecule has 1 aliphatic carbocycles. The molecule has 26 heavy (non-hydrogen) atoms. The fourth-order valence-corrected chi connectivity index (χ4v) is 2.98. The molecule has 7 heteroatoms. The van der Waals surface area contributed by atoms with Crippen LogP contribution in [0, 0.1) is 11.8 Å². The predicted octanol–water partition coefficient (Wildman–Crippen LogP) is 1.44. The zero-order valence-electron chi connectivity index (χ0n) is 16.5. The lowest BCUT2D eigenvalue weighted by Gasteiger charge is -2.29. The second kappa shape index (κ2) is 12.0. The highest BCUT2D eigenvalue weighted by Crippen LogP contribution is 2.27. The van der Waals surface area contributed by atoms with Crippen molar-refractivity contribution in [1.29, 1.82) is 0 Å². The smallest absolute Gasteiger partial charge is 0.246 e. The Balaban J connectivity index is 2.07. The molecule has 1 saturated carbocycles. The van der Waals surface area contributed by atoms with Gasteiger partial charge in [-0.15, -0.1) is 0 Å². The van der Waals surface area contributed by atoms with E-state index < -0.39 is 0 Å². The van der Waals surface area contributed by atoms with Crippen LogP contribution in [0.5, 0.6) is 0 Å². The largest absolute Gasteiger partial charge is 0.370 e. The van der Waals surface area contributed by atoms with Gasteiger partial charge in [-0.2, -0.15) is 0 Å². The molecular weight excluding hydrogens is 336 g/mol. The second-order valence-corrected chi connectivity index (χ2v) is 7.44. The van der Waals surface area contributed by atoms with Crippen molar-refractivity contribution >= 4 is 17.6 Å². The van der Waals surface area contributed by atoms with Crippen molar-refractivity contribution in [3.63, 3.8) is 0 Å². The lowest BCUT2D eigenvalue weighted by molar-refractivity contribution is -0.127. The topological polar surface area (TPSA) is 93.7 Å². The molecule has 0 aromatic carbocycles. The third kappa shape index (κ3) is 9.29. The Hall–Kier alpha value is -1.47. The van der Waals surface area contributed by atoms with Gasteiger partial charge in [-0.3, -0.25) is 14.4 Å². The van der Waals surface area contributed by atoms with Gasteiger partial charge in [-0.25, -0.2) is 0 Å². The minimum Gasteiger partial charge on any atom is -0.370 e. The molecule has 0 atom stereocenters. The Labute approximate surface area is 156 Å². The summed E-state index contributed by atoms with van der Waals surface area (Å²) in [5, 5.41) is 5.62. The van der Waals surface area contributed by atoms with E-state index in [1.165, 1.54) is 0 Å². The maximum absolute atomic E-state index is 12.0. The summed E-state index contributed by atoms with van der Waals surface area (Å²) in [7, 11) is 0. The zero-order valence-corrected chi connectivity index (χ0v) is 16.5. The van der Waals surface area contributed by atoms with Gasteiger partial charge in [0.1, 0.15) is 19.0 Å². The first-order valence-electron chi connectivity index (χ1n) is 9.58. The van der Waals surface area contributed by atoms with Crippen molar-refractivity contribution in [2.45, 2.75) is 65.5 Å². The van der Waals surface area contributed by atoms with E-state index in [9.17, 15) is 14.4 Å². The number of hydrogen-bond donors (Lipinski definition) is 2. The van der Waals surface area contributed by atoms with Gasteiger partial charge in [0.2, 0.25) is 11.8 Å². The van der Waals surface area contributed by atoms with Gasteiger partial charge in [-0.1, -0.05) is 13.8 Å². The van der Waals surface area contributed by atoms with E-state index in [1.54, 1.807) is 0 Å². The molecule has 0 aliphatic heterocycles. The summed E-state index contributed by atoms with van der Waals surface area (Å²) in [4.78, 5) is 35.3. The maximum Gasteiger partial charge on any atom is 0.246 e. The normalized spacial score (nSPS) is 20.2. The van der Waals surface area contributed by atoms with E-state index in [1.807, 2.05) is 27.7 Å². The molecule has 0 unspecified atom stereocenters. The predicted molar refractivity (Wildman–Crippen MR) is 98.7 cm³/mol. The number of nitrogens with one attached hydrogen (secondary N) is 2. The summed E-state index contributed by atoms with van der Waals surface area (Å²) in [6.45, 7) is 8.23. The lowest BCUT2D eigenvalue weighted by Crippen LogP contribution is -2.41. The molecule has 0 spiro atoms. The molecule has 7 nitrogen and oxygen atoms in total. The van der Waals surface area contributed by atoms with Gasteiger partial charge in [0.25, 0.3) is 0 Å². The third-order valence-corrected chi connectivity index (χ3v) is 4.41. The monoisotopic (exact) mass is 370 g/mol. The molecule has 1 fully saturated rings. The van der Waals surface area contributed by atoms with Crippen LogP contribution in [0.4, 0.5) is 0 Å². The Kier molecular flexibility index (Phi) is 10.4. The molecule has 2 N–H and O–H groups in total. The first-order chi connectivity index (χ1) is 12.3. The van der Waals surface area contributed by atoms with E-state index in [-0.39, 0.29) is 55.6 Å². The molecule has 150 valence electrons. The third-order valence-electron chi connectivity index (χ3n) is 4.41. The molecular formula is C19H34N2O5. The molecule has 0 bridgehead atoms. The van der Waals surface area contributed by atoms with Crippen molar-refractivity contribution in [1.82, 2.24) is 10.6 Å². The number of hydrogen-bond acceptors (Lipinski definition) is 5. The van der Waals surface area contributed by atoms with Crippen LogP contribution in [0.1, 0.15) is 53.4 Å². The van der Waals surface area contributed by atoms with E-state index >= 15 is 0 Å². The van der Waals surface area contributed by atoms with Crippen molar-refractivity contribution in [3.05, 3.63) is 0 Å². The SMILES string of the molecule is CC(C)OCC(=O)NCCOCC(=O)NC1CCC(C(=O)C(C)C)CC1. The lowest BCUT2D eigenvalue weighted by atomic mass is 9.80. The first kappa shape index (κ1) is 22.6. The van der Waals surface area contributed by atoms with Gasteiger partial charge < -0.3 is 20.1 Å². The van der Waals surface area contributed by atoms with Gasteiger partial charge in [0.15, 0.2) is 0 Å². The Morgan fingerprint density at radius 3 is 2.19 bits per heavy atom. The van der Waals surface area contributed by atoms with E-state index in [2.05, 4.69) is 10.6 Å². The number of ketones is 1. The number of Topliss-reactive ketones (excluding diaryl/α,β-unsaturated/α-hetero) is 1. The Bertz CT molecular complexity index is 457. The maximum atomic E-state index is 12.0. The highest BCUT2D eigenvalue weighted by atomic mass is 16.5. The molecule has 0 heterocycles. The minimum atomic E-state index is -0.195. The molecule has 2 amide bonds. The average molecular weight is 370 g/mol. The van der Waals surface area contributed by atoms with Crippen LogP contribution in [0.3, 0.4) is 0 Å². The first-order valence-corrected chi connectivity index (χ1v) is 9.58. The Morgan fingerprint density at radius 2 is 1.62 bits per heavy atom. The number of carbonyl (C=O) groups is 3.